The van der Waals surface area contributed by atoms with Gasteiger partial charge in [-0.1, -0.05) is 42.5 Å². The molecular weight excluding hydrogens is 258 g/mol. The van der Waals surface area contributed by atoms with Crippen molar-refractivity contribution in [2.24, 2.45) is 5.73 Å². The van der Waals surface area contributed by atoms with Crippen LogP contribution in [0.5, 0.6) is 0 Å². The molecule has 0 aliphatic rings. The third-order valence-electron chi connectivity index (χ3n) is 2.31. The van der Waals surface area contributed by atoms with Crippen molar-refractivity contribution in [1.29, 1.82) is 0 Å². The van der Waals surface area contributed by atoms with E-state index in [9.17, 15) is 8.78 Å². The molecule has 4 nitrogen and oxygen atoms in total. The van der Waals surface area contributed by atoms with Gasteiger partial charge in [-0.3, -0.25) is 0 Å². The summed E-state index contributed by atoms with van der Waals surface area (Å²) < 4.78 is 28.8. The number of aromatic nitrogens is 3. The summed E-state index contributed by atoms with van der Waals surface area (Å²) in [5.74, 6) is -2.93. The standard InChI is InChI=1S/C11H10F2N4S/c12-11(13,8-4-2-1-3-5-8)6-17-7-15-10(16-17)9(14)18/h1-5,7H,6H2,(H2,14,18). The van der Waals surface area contributed by atoms with E-state index in [1.165, 1.54) is 18.5 Å². The molecule has 0 fully saturated rings. The number of halogens is 2. The van der Waals surface area contributed by atoms with E-state index in [1.54, 1.807) is 18.2 Å². The van der Waals surface area contributed by atoms with Gasteiger partial charge < -0.3 is 5.73 Å². The first-order valence-corrected chi connectivity index (χ1v) is 5.52. The highest BCUT2D eigenvalue weighted by molar-refractivity contribution is 7.80. The van der Waals surface area contributed by atoms with Crippen molar-refractivity contribution < 1.29 is 8.78 Å². The molecule has 0 unspecified atom stereocenters. The molecule has 0 radical (unpaired) electrons. The maximum absolute atomic E-state index is 13.9. The van der Waals surface area contributed by atoms with Gasteiger partial charge in [0.15, 0.2) is 0 Å². The van der Waals surface area contributed by atoms with Gasteiger partial charge in [-0.2, -0.15) is 8.78 Å². The minimum atomic E-state index is -3.03. The zero-order chi connectivity index (χ0) is 13.2. The Morgan fingerprint density at radius 2 is 2.00 bits per heavy atom. The van der Waals surface area contributed by atoms with Crippen LogP contribution in [0, 0.1) is 0 Å². The highest BCUT2D eigenvalue weighted by Crippen LogP contribution is 2.29. The predicted molar refractivity (Wildman–Crippen MR) is 66.2 cm³/mol. The van der Waals surface area contributed by atoms with Crippen LogP contribution in [0.25, 0.3) is 0 Å². The molecule has 2 rings (SSSR count). The summed E-state index contributed by atoms with van der Waals surface area (Å²) >= 11 is 4.66. The van der Waals surface area contributed by atoms with Gasteiger partial charge in [0, 0.05) is 5.56 Å². The van der Waals surface area contributed by atoms with E-state index in [4.69, 9.17) is 5.73 Å². The molecule has 0 aliphatic carbocycles. The van der Waals surface area contributed by atoms with E-state index in [2.05, 4.69) is 22.3 Å². The summed E-state index contributed by atoms with van der Waals surface area (Å²) in [6.45, 7) is -0.605. The van der Waals surface area contributed by atoms with E-state index < -0.39 is 12.5 Å². The van der Waals surface area contributed by atoms with E-state index in [0.717, 1.165) is 4.68 Å². The van der Waals surface area contributed by atoms with Crippen LogP contribution in [0.2, 0.25) is 0 Å². The quantitative estimate of drug-likeness (QED) is 0.858. The van der Waals surface area contributed by atoms with Gasteiger partial charge in [0.25, 0.3) is 5.92 Å². The lowest BCUT2D eigenvalue weighted by atomic mass is 10.1. The second-order valence-electron chi connectivity index (χ2n) is 3.70. The molecule has 0 atom stereocenters. The monoisotopic (exact) mass is 268 g/mol. The smallest absolute Gasteiger partial charge is 0.292 e. The molecule has 0 spiro atoms. The Hall–Kier alpha value is -1.89. The molecule has 1 aromatic heterocycles. The van der Waals surface area contributed by atoms with Crippen LogP contribution in [0.3, 0.4) is 0 Å². The number of nitrogens with two attached hydrogens (primary N) is 1. The molecule has 0 saturated carbocycles. The average molecular weight is 268 g/mol. The summed E-state index contributed by atoms with van der Waals surface area (Å²) in [6.07, 6.45) is 1.19. The third-order valence-corrected chi connectivity index (χ3v) is 2.50. The second-order valence-corrected chi connectivity index (χ2v) is 4.14. The van der Waals surface area contributed by atoms with Crippen LogP contribution >= 0.6 is 12.2 Å². The largest absolute Gasteiger partial charge is 0.387 e. The first-order chi connectivity index (χ1) is 8.49. The molecule has 2 aromatic rings. The van der Waals surface area contributed by atoms with Gasteiger partial charge in [-0.25, -0.2) is 9.67 Å². The van der Waals surface area contributed by atoms with E-state index in [-0.39, 0.29) is 16.4 Å². The zero-order valence-electron chi connectivity index (χ0n) is 9.25. The van der Waals surface area contributed by atoms with Crippen LogP contribution < -0.4 is 5.73 Å². The number of thiocarbonyl (C=S) groups is 1. The average Bonchev–Trinajstić information content (AvgIpc) is 2.78. The lowest BCUT2D eigenvalue weighted by molar-refractivity contribution is -0.0255. The SMILES string of the molecule is NC(=S)c1ncn(CC(F)(F)c2ccccc2)n1. The summed E-state index contributed by atoms with van der Waals surface area (Å²) in [5, 5.41) is 3.78. The van der Waals surface area contributed by atoms with E-state index in [1.807, 2.05) is 0 Å². The van der Waals surface area contributed by atoms with Crippen LogP contribution in [-0.4, -0.2) is 19.8 Å². The number of hydrogen-bond donors (Lipinski definition) is 1. The van der Waals surface area contributed by atoms with Crippen molar-refractivity contribution in [1.82, 2.24) is 14.8 Å². The van der Waals surface area contributed by atoms with Crippen LogP contribution in [0.15, 0.2) is 36.7 Å². The molecule has 7 heteroatoms. The molecule has 2 N–H and O–H groups in total. The first kappa shape index (κ1) is 12.6. The maximum Gasteiger partial charge on any atom is 0.292 e. The molecule has 1 heterocycles. The fourth-order valence-corrected chi connectivity index (χ4v) is 1.55. The molecule has 18 heavy (non-hydrogen) atoms. The summed E-state index contributed by atoms with van der Waals surface area (Å²) in [5.41, 5.74) is 5.24. The summed E-state index contributed by atoms with van der Waals surface area (Å²) in [4.78, 5) is 3.73. The fourth-order valence-electron chi connectivity index (χ4n) is 1.46. The number of hydrogen-bond acceptors (Lipinski definition) is 3. The van der Waals surface area contributed by atoms with Gasteiger partial charge in [0.1, 0.15) is 17.9 Å². The Labute approximate surface area is 107 Å². The molecule has 0 saturated heterocycles. The molecule has 0 aliphatic heterocycles. The molecule has 1 aromatic carbocycles. The lowest BCUT2D eigenvalue weighted by Crippen LogP contribution is -2.22. The van der Waals surface area contributed by atoms with E-state index >= 15 is 0 Å². The fraction of sp³-hybridized carbons (Fsp3) is 0.182. The number of nitrogens with zero attached hydrogens (tertiary/aromatic N) is 3. The highest BCUT2D eigenvalue weighted by Gasteiger charge is 2.32. The van der Waals surface area contributed by atoms with Crippen LogP contribution in [0.4, 0.5) is 8.78 Å². The normalized spacial score (nSPS) is 11.4. The topological polar surface area (TPSA) is 56.7 Å². The van der Waals surface area contributed by atoms with E-state index in [0.29, 0.717) is 0 Å². The lowest BCUT2D eigenvalue weighted by Gasteiger charge is -2.16. The number of rotatable bonds is 4. The molecular formula is C11H10F2N4S. The molecule has 0 bridgehead atoms. The van der Waals surface area contributed by atoms with Crippen molar-refractivity contribution in [3.8, 4) is 0 Å². The van der Waals surface area contributed by atoms with Gasteiger partial charge in [0.2, 0.25) is 5.82 Å². The van der Waals surface area contributed by atoms with Crippen molar-refractivity contribution in [3.05, 3.63) is 48.0 Å². The minimum absolute atomic E-state index is 0.0169. The third kappa shape index (κ3) is 2.67. The number of alkyl halides is 2. The van der Waals surface area contributed by atoms with Gasteiger partial charge in [0.05, 0.1) is 0 Å². The Morgan fingerprint density at radius 3 is 2.56 bits per heavy atom. The van der Waals surface area contributed by atoms with Gasteiger partial charge in [-0.05, 0) is 0 Å². The van der Waals surface area contributed by atoms with Crippen LogP contribution in [0.1, 0.15) is 11.4 Å². The zero-order valence-corrected chi connectivity index (χ0v) is 10.1. The Bertz CT molecular complexity index is 553. The summed E-state index contributed by atoms with van der Waals surface area (Å²) in [7, 11) is 0. The second kappa shape index (κ2) is 4.77. The Morgan fingerprint density at radius 1 is 1.33 bits per heavy atom. The number of benzene rings is 1. The van der Waals surface area contributed by atoms with Crippen molar-refractivity contribution in [2.75, 3.05) is 0 Å². The Kier molecular flexibility index (Phi) is 3.33. The minimum Gasteiger partial charge on any atom is -0.387 e. The predicted octanol–water partition coefficient (Wildman–Crippen LogP) is 1.70. The highest BCUT2D eigenvalue weighted by atomic mass is 32.1. The van der Waals surface area contributed by atoms with Gasteiger partial charge in [-0.15, -0.1) is 5.10 Å². The van der Waals surface area contributed by atoms with Crippen molar-refractivity contribution >= 4 is 17.2 Å². The van der Waals surface area contributed by atoms with Gasteiger partial charge >= 0.3 is 0 Å². The van der Waals surface area contributed by atoms with Crippen molar-refractivity contribution in [3.63, 3.8) is 0 Å². The Balaban J connectivity index is 2.19. The van der Waals surface area contributed by atoms with Crippen LogP contribution in [-0.2, 0) is 12.5 Å². The van der Waals surface area contributed by atoms with Crippen molar-refractivity contribution in [2.45, 2.75) is 12.5 Å². The first-order valence-electron chi connectivity index (χ1n) is 5.11. The molecule has 94 valence electrons. The maximum atomic E-state index is 13.9. The summed E-state index contributed by atoms with van der Waals surface area (Å²) in [6, 6.07) is 7.53. The molecule has 0 amide bonds.